The fraction of sp³-hybridized carbons (Fsp3) is 0.417. The smallest absolute Gasteiger partial charge is 0.250 e. The first-order valence-electron chi connectivity index (χ1n) is 5.65. The highest BCUT2D eigenvalue weighted by molar-refractivity contribution is 9.10. The molecule has 0 bridgehead atoms. The molecule has 1 unspecified atom stereocenters. The number of nitrogens with zero attached hydrogens (tertiary/aromatic N) is 1. The monoisotopic (exact) mass is 297 g/mol. The molecular formula is C12H16BrN3O. The van der Waals surface area contributed by atoms with Crippen LogP contribution in [0.4, 0.5) is 5.69 Å². The van der Waals surface area contributed by atoms with Gasteiger partial charge < -0.3 is 16.0 Å². The summed E-state index contributed by atoms with van der Waals surface area (Å²) in [4.78, 5) is 13.6. The Morgan fingerprint density at radius 2 is 2.35 bits per heavy atom. The van der Waals surface area contributed by atoms with Crippen LogP contribution in [-0.4, -0.2) is 31.6 Å². The molecule has 1 aliphatic heterocycles. The highest BCUT2D eigenvalue weighted by atomic mass is 79.9. The van der Waals surface area contributed by atoms with E-state index in [4.69, 9.17) is 5.73 Å². The van der Waals surface area contributed by atoms with Crippen LogP contribution >= 0.6 is 15.9 Å². The van der Waals surface area contributed by atoms with Gasteiger partial charge in [0.2, 0.25) is 0 Å². The van der Waals surface area contributed by atoms with E-state index in [1.165, 1.54) is 0 Å². The third-order valence-corrected chi connectivity index (χ3v) is 3.43. The Morgan fingerprint density at radius 1 is 1.59 bits per heavy atom. The Hall–Kier alpha value is -1.07. The molecule has 0 aliphatic carbocycles. The number of carbonyl (C=O) groups is 1. The third kappa shape index (κ3) is 2.79. The van der Waals surface area contributed by atoms with Crippen molar-refractivity contribution in [3.63, 3.8) is 0 Å². The predicted octanol–water partition coefficient (Wildman–Crippen LogP) is 1.35. The van der Waals surface area contributed by atoms with Gasteiger partial charge in [-0.25, -0.2) is 0 Å². The number of primary amides is 1. The van der Waals surface area contributed by atoms with Crippen molar-refractivity contribution in [2.24, 2.45) is 5.73 Å². The van der Waals surface area contributed by atoms with Crippen LogP contribution < -0.4 is 16.0 Å². The average molecular weight is 298 g/mol. The molecule has 1 heterocycles. The van der Waals surface area contributed by atoms with Crippen molar-refractivity contribution in [1.29, 1.82) is 0 Å². The topological polar surface area (TPSA) is 58.4 Å². The zero-order valence-electron chi connectivity index (χ0n) is 9.74. The quantitative estimate of drug-likeness (QED) is 0.866. The Balaban J connectivity index is 2.35. The van der Waals surface area contributed by atoms with Gasteiger partial charge in [-0.15, -0.1) is 0 Å². The van der Waals surface area contributed by atoms with Crippen LogP contribution in [0.25, 0.3) is 0 Å². The second-order valence-corrected chi connectivity index (χ2v) is 5.24. The molecule has 3 N–H and O–H groups in total. The lowest BCUT2D eigenvalue weighted by Gasteiger charge is -2.34. The normalized spacial score (nSPS) is 20.4. The van der Waals surface area contributed by atoms with Gasteiger partial charge in [0.25, 0.3) is 5.91 Å². The lowest BCUT2D eigenvalue weighted by Crippen LogP contribution is -2.49. The first kappa shape index (κ1) is 12.4. The second-order valence-electron chi connectivity index (χ2n) is 4.33. The Bertz CT molecular complexity index is 436. The lowest BCUT2D eigenvalue weighted by molar-refractivity contribution is 0.100. The number of benzene rings is 1. The summed E-state index contributed by atoms with van der Waals surface area (Å²) in [5.74, 6) is -0.376. The molecule has 0 spiro atoms. The minimum atomic E-state index is -0.376. The molecule has 1 saturated heterocycles. The number of piperazine rings is 1. The highest BCUT2D eigenvalue weighted by Crippen LogP contribution is 2.25. The average Bonchev–Trinajstić information content (AvgIpc) is 2.28. The highest BCUT2D eigenvalue weighted by Gasteiger charge is 2.20. The first-order valence-corrected chi connectivity index (χ1v) is 6.45. The van der Waals surface area contributed by atoms with Gasteiger partial charge >= 0.3 is 0 Å². The van der Waals surface area contributed by atoms with Gasteiger partial charge in [0, 0.05) is 30.1 Å². The van der Waals surface area contributed by atoms with Crippen molar-refractivity contribution in [3.05, 3.63) is 28.2 Å². The molecule has 1 aliphatic rings. The summed E-state index contributed by atoms with van der Waals surface area (Å²) in [6.07, 6.45) is 0. The molecule has 2 rings (SSSR count). The van der Waals surface area contributed by atoms with Crippen LogP contribution in [0.1, 0.15) is 17.3 Å². The van der Waals surface area contributed by atoms with Crippen molar-refractivity contribution in [3.8, 4) is 0 Å². The number of hydrogen-bond acceptors (Lipinski definition) is 3. The lowest BCUT2D eigenvalue weighted by atomic mass is 10.1. The van der Waals surface area contributed by atoms with Crippen LogP contribution in [0.2, 0.25) is 0 Å². The molecule has 1 atom stereocenters. The second kappa shape index (κ2) is 5.06. The summed E-state index contributed by atoms with van der Waals surface area (Å²) < 4.78 is 0.962. The number of nitrogens with one attached hydrogen (secondary N) is 1. The van der Waals surface area contributed by atoms with Gasteiger partial charge in [-0.3, -0.25) is 4.79 Å². The van der Waals surface area contributed by atoms with Crippen LogP contribution in [0, 0.1) is 0 Å². The van der Waals surface area contributed by atoms with E-state index >= 15 is 0 Å². The number of carbonyl (C=O) groups excluding carboxylic acids is 1. The largest absolute Gasteiger partial charge is 0.368 e. The molecule has 17 heavy (non-hydrogen) atoms. The summed E-state index contributed by atoms with van der Waals surface area (Å²) in [6.45, 7) is 4.83. The van der Waals surface area contributed by atoms with Gasteiger partial charge in [0.15, 0.2) is 0 Å². The van der Waals surface area contributed by atoms with Crippen molar-refractivity contribution < 1.29 is 4.79 Å². The molecular weight excluding hydrogens is 282 g/mol. The van der Waals surface area contributed by atoms with Crippen LogP contribution in [0.3, 0.4) is 0 Å². The summed E-state index contributed by atoms with van der Waals surface area (Å²) in [5.41, 5.74) is 6.91. The van der Waals surface area contributed by atoms with E-state index in [9.17, 15) is 4.79 Å². The SMILES string of the molecule is CC1CN(c2cc(Br)ccc2C(N)=O)CCN1. The maximum Gasteiger partial charge on any atom is 0.250 e. The van der Waals surface area contributed by atoms with E-state index in [1.54, 1.807) is 6.07 Å². The molecule has 1 aromatic carbocycles. The number of amides is 1. The molecule has 92 valence electrons. The van der Waals surface area contributed by atoms with E-state index in [-0.39, 0.29) is 5.91 Å². The van der Waals surface area contributed by atoms with Crippen molar-refractivity contribution in [1.82, 2.24) is 5.32 Å². The van der Waals surface area contributed by atoms with Gasteiger partial charge in [-0.2, -0.15) is 0 Å². The first-order chi connectivity index (χ1) is 8.08. The maximum atomic E-state index is 11.4. The van der Waals surface area contributed by atoms with Gasteiger partial charge in [0.05, 0.1) is 11.3 Å². The number of hydrogen-bond donors (Lipinski definition) is 2. The molecule has 4 nitrogen and oxygen atoms in total. The van der Waals surface area contributed by atoms with Gasteiger partial charge in [-0.1, -0.05) is 15.9 Å². The minimum absolute atomic E-state index is 0.376. The summed E-state index contributed by atoms with van der Waals surface area (Å²) in [5, 5.41) is 3.38. The molecule has 0 saturated carbocycles. The van der Waals surface area contributed by atoms with Gasteiger partial charge in [-0.05, 0) is 25.1 Å². The molecule has 1 amide bonds. The van der Waals surface area contributed by atoms with E-state index in [2.05, 4.69) is 33.1 Å². The Kier molecular flexibility index (Phi) is 3.69. The van der Waals surface area contributed by atoms with E-state index in [1.807, 2.05) is 12.1 Å². The standard InChI is InChI=1S/C12H16BrN3O/c1-8-7-16(5-4-15-8)11-6-9(13)2-3-10(11)12(14)17/h2-3,6,8,15H,4-5,7H2,1H3,(H2,14,17). The fourth-order valence-electron chi connectivity index (χ4n) is 2.13. The molecule has 0 aromatic heterocycles. The summed E-state index contributed by atoms with van der Waals surface area (Å²) in [7, 11) is 0. The van der Waals surface area contributed by atoms with Crippen molar-refractivity contribution in [2.45, 2.75) is 13.0 Å². The zero-order chi connectivity index (χ0) is 12.4. The van der Waals surface area contributed by atoms with E-state index < -0.39 is 0 Å². The number of anilines is 1. The van der Waals surface area contributed by atoms with Crippen molar-refractivity contribution in [2.75, 3.05) is 24.5 Å². The minimum Gasteiger partial charge on any atom is -0.368 e. The third-order valence-electron chi connectivity index (χ3n) is 2.93. The van der Waals surface area contributed by atoms with Crippen LogP contribution in [0.15, 0.2) is 22.7 Å². The summed E-state index contributed by atoms with van der Waals surface area (Å²) in [6, 6.07) is 5.99. The van der Waals surface area contributed by atoms with E-state index in [0.717, 1.165) is 29.8 Å². The Morgan fingerprint density at radius 3 is 3.00 bits per heavy atom. The molecule has 1 fully saturated rings. The summed E-state index contributed by atoms with van der Waals surface area (Å²) >= 11 is 3.43. The maximum absolute atomic E-state index is 11.4. The molecule has 0 radical (unpaired) electrons. The zero-order valence-corrected chi connectivity index (χ0v) is 11.3. The fourth-order valence-corrected chi connectivity index (χ4v) is 2.47. The predicted molar refractivity (Wildman–Crippen MR) is 72.3 cm³/mol. The number of nitrogens with two attached hydrogens (primary N) is 1. The number of rotatable bonds is 2. The van der Waals surface area contributed by atoms with Crippen LogP contribution in [-0.2, 0) is 0 Å². The van der Waals surface area contributed by atoms with Crippen LogP contribution in [0.5, 0.6) is 0 Å². The molecule has 5 heteroatoms. The number of halogens is 1. The van der Waals surface area contributed by atoms with Crippen molar-refractivity contribution >= 4 is 27.5 Å². The van der Waals surface area contributed by atoms with Gasteiger partial charge in [0.1, 0.15) is 0 Å². The van der Waals surface area contributed by atoms with E-state index in [0.29, 0.717) is 11.6 Å². The molecule has 1 aromatic rings. The Labute approximate surface area is 109 Å².